The minimum atomic E-state index is -0.252. The van der Waals surface area contributed by atoms with Gasteiger partial charge in [-0.1, -0.05) is 49.2 Å². The Bertz CT molecular complexity index is 2980. The van der Waals surface area contributed by atoms with Crippen molar-refractivity contribution in [2.75, 3.05) is 79.0 Å². The van der Waals surface area contributed by atoms with Crippen LogP contribution in [0.3, 0.4) is 0 Å². The van der Waals surface area contributed by atoms with Crippen LogP contribution in [0.2, 0.25) is 0 Å². The summed E-state index contributed by atoms with van der Waals surface area (Å²) in [5.41, 5.74) is 48.2. The fourth-order valence-electron chi connectivity index (χ4n) is 9.10. The lowest BCUT2D eigenvalue weighted by Gasteiger charge is -2.23. The second-order valence-corrected chi connectivity index (χ2v) is 21.3. The third-order valence-electron chi connectivity index (χ3n) is 13.5. The molecule has 4 rings (SSSR count). The van der Waals surface area contributed by atoms with E-state index in [0.717, 1.165) is 0 Å². The number of carbonyl (C=O) groups excluding carboxylic acids is 2. The molecule has 0 aliphatic rings. The molecule has 30 N–H and O–H groups in total. The van der Waals surface area contributed by atoms with Crippen molar-refractivity contribution < 1.29 is 47.5 Å². The van der Waals surface area contributed by atoms with E-state index in [1.165, 1.54) is 0 Å². The van der Waals surface area contributed by atoms with Crippen molar-refractivity contribution in [1.82, 2.24) is 31.9 Å². The number of guanidine groups is 4. The molecule has 0 saturated heterocycles. The van der Waals surface area contributed by atoms with Gasteiger partial charge in [0.25, 0.3) is 0 Å². The fourth-order valence-corrected chi connectivity index (χ4v) is 9.10. The number of unbranched alkanes of at least 4 members (excludes halogenated alkanes) is 3. The van der Waals surface area contributed by atoms with Gasteiger partial charge in [0, 0.05) is 85.0 Å². The molecular weight excluding hydrogens is 1210 g/mol. The van der Waals surface area contributed by atoms with E-state index in [0.29, 0.717) is 132 Å². The molecule has 514 valence electrons. The van der Waals surface area contributed by atoms with E-state index in [-0.39, 0.29) is 188 Å². The number of rotatable bonds is 49. The molecule has 0 aliphatic carbocycles. The van der Waals surface area contributed by atoms with Crippen molar-refractivity contribution in [1.29, 1.82) is 43.3 Å². The van der Waals surface area contributed by atoms with Crippen molar-refractivity contribution in [3.05, 3.63) is 71.8 Å². The highest BCUT2D eigenvalue weighted by molar-refractivity contribution is 5.84. The monoisotopic (exact) mass is 1310 g/mol. The molecule has 0 spiro atoms. The summed E-state index contributed by atoms with van der Waals surface area (Å²) < 4.78 is 50.8. The molecule has 0 fully saturated rings. The number of nitrogens with two attached hydrogens (primary N) is 8. The number of ether oxygens (including phenoxy) is 8. The zero-order chi connectivity index (χ0) is 68.6. The van der Waals surface area contributed by atoms with Crippen molar-refractivity contribution in [2.24, 2.45) is 45.9 Å². The van der Waals surface area contributed by atoms with Crippen LogP contribution in [0.4, 0.5) is 0 Å². The minimum absolute atomic E-state index is 0.0104. The molecule has 0 unspecified atom stereocenters. The van der Waals surface area contributed by atoms with E-state index in [1.807, 2.05) is 24.3 Å². The van der Waals surface area contributed by atoms with Gasteiger partial charge in [-0.25, -0.2) is 0 Å². The molecular formula is C62H96N22O10. The summed E-state index contributed by atoms with van der Waals surface area (Å²) in [6.07, 6.45) is 5.59. The number of amides is 2. The lowest BCUT2D eigenvalue weighted by Crippen LogP contribution is -2.33. The molecule has 0 bridgehead atoms. The Labute approximate surface area is 547 Å². The number of para-hydroxylation sites is 2. The smallest absolute Gasteiger partial charge is 0.220 e. The average Bonchev–Trinajstić information content (AvgIpc) is 0.792. The molecule has 94 heavy (non-hydrogen) atoms. The molecule has 0 radical (unpaired) electrons. The first-order valence-electron chi connectivity index (χ1n) is 30.9. The molecule has 2 amide bonds. The predicted octanol–water partition coefficient (Wildman–Crippen LogP) is 3.12. The Morgan fingerprint density at radius 3 is 0.894 bits per heavy atom. The summed E-state index contributed by atoms with van der Waals surface area (Å²) in [4.78, 5) is 27.0. The minimum Gasteiger partial charge on any atom is -0.489 e. The van der Waals surface area contributed by atoms with Crippen LogP contribution in [0.15, 0.2) is 60.7 Å². The first-order valence-corrected chi connectivity index (χ1v) is 30.9. The van der Waals surface area contributed by atoms with E-state index < -0.39 is 0 Å². The van der Waals surface area contributed by atoms with Crippen LogP contribution < -0.4 is 116 Å². The van der Waals surface area contributed by atoms with Crippen LogP contribution in [-0.2, 0) is 22.7 Å². The van der Waals surface area contributed by atoms with E-state index >= 15 is 0 Å². The average molecular weight is 1310 g/mol. The van der Waals surface area contributed by atoms with E-state index in [2.05, 4.69) is 31.9 Å². The highest BCUT2D eigenvalue weighted by Crippen LogP contribution is 2.49. The summed E-state index contributed by atoms with van der Waals surface area (Å²) in [6, 6.07) is 17.9. The molecule has 32 heteroatoms. The third kappa shape index (κ3) is 29.0. The van der Waals surface area contributed by atoms with Crippen LogP contribution in [0, 0.1) is 43.3 Å². The summed E-state index contributed by atoms with van der Waals surface area (Å²) in [5, 5.41) is 78.4. The Morgan fingerprint density at radius 1 is 0.298 bits per heavy atom. The lowest BCUT2D eigenvalue weighted by molar-refractivity contribution is -0.122. The number of benzene rings is 4. The van der Waals surface area contributed by atoms with Crippen LogP contribution >= 0.6 is 0 Å². The van der Waals surface area contributed by atoms with Gasteiger partial charge in [-0.2, -0.15) is 0 Å². The summed E-state index contributed by atoms with van der Waals surface area (Å²) >= 11 is 0. The quantitative estimate of drug-likeness (QED) is 0.0172. The van der Waals surface area contributed by atoms with Crippen molar-refractivity contribution >= 4 is 59.0 Å². The summed E-state index contributed by atoms with van der Waals surface area (Å²) in [7, 11) is 0. The van der Waals surface area contributed by atoms with E-state index in [1.54, 1.807) is 36.4 Å². The normalized spacial score (nSPS) is 10.6. The van der Waals surface area contributed by atoms with Gasteiger partial charge < -0.3 is 116 Å². The molecule has 4 aromatic carbocycles. The van der Waals surface area contributed by atoms with Gasteiger partial charge in [0.2, 0.25) is 11.8 Å². The van der Waals surface area contributed by atoms with Gasteiger partial charge in [-0.05, 0) is 62.8 Å². The highest BCUT2D eigenvalue weighted by atomic mass is 16.5. The Kier molecular flexibility index (Phi) is 34.0. The predicted molar refractivity (Wildman–Crippen MR) is 363 cm³/mol. The van der Waals surface area contributed by atoms with Gasteiger partial charge in [0.05, 0.1) is 75.9 Å². The highest BCUT2D eigenvalue weighted by Gasteiger charge is 2.26. The molecule has 0 atom stereocenters. The first kappa shape index (κ1) is 75.6. The zero-order valence-corrected chi connectivity index (χ0v) is 53.3. The first-order chi connectivity index (χ1) is 45.1. The zero-order valence-electron chi connectivity index (χ0n) is 53.3. The largest absolute Gasteiger partial charge is 0.489 e. The molecule has 32 nitrogen and oxygen atoms in total. The second kappa shape index (κ2) is 42.3. The Hall–Kier alpha value is -10.8. The summed E-state index contributed by atoms with van der Waals surface area (Å²) in [6.45, 7) is 1.83. The van der Waals surface area contributed by atoms with Crippen molar-refractivity contribution in [3.63, 3.8) is 0 Å². The van der Waals surface area contributed by atoms with Crippen LogP contribution in [-0.4, -0.2) is 138 Å². The van der Waals surface area contributed by atoms with Gasteiger partial charge in [0.15, 0.2) is 69.8 Å². The molecule has 0 aliphatic heterocycles. The van der Waals surface area contributed by atoms with Gasteiger partial charge in [-0.3, -0.25) is 52.9 Å². The maximum Gasteiger partial charge on any atom is 0.220 e. The number of hydrogen-bond donors (Lipinski definition) is 22. The molecule has 0 aromatic heterocycles. The van der Waals surface area contributed by atoms with Crippen LogP contribution in [0.5, 0.6) is 46.0 Å². The Morgan fingerprint density at radius 2 is 0.585 bits per heavy atom. The Balaban J connectivity index is 1.52. The maximum absolute atomic E-state index is 13.5. The molecule has 0 saturated carbocycles. The lowest BCUT2D eigenvalue weighted by atomic mass is 9.99. The SMILES string of the molecule is N=C(N)CCCOc1c(OCCNC(=N)N)cccc1-c1ccc(CNC(=O)CCCCCCC(=O)NCc2ccc(-c3cccc(OCCNC(=N)N)c3OCCCC(=N)N)c(OCCNC(=N)N)c2OCCCC(=N)N)c(OCCCC(=N)N)c1OCCNC(=N)N. The maximum atomic E-state index is 13.5. The van der Waals surface area contributed by atoms with Crippen LogP contribution in [0.25, 0.3) is 22.3 Å². The fraction of sp³-hybridized carbons (Fsp3) is 0.452. The van der Waals surface area contributed by atoms with Gasteiger partial charge in [0.1, 0.15) is 26.4 Å². The van der Waals surface area contributed by atoms with Gasteiger partial charge >= 0.3 is 0 Å². The van der Waals surface area contributed by atoms with Crippen LogP contribution in [0.1, 0.15) is 101 Å². The third-order valence-corrected chi connectivity index (χ3v) is 13.5. The number of hydrogen-bond acceptors (Lipinski definition) is 18. The van der Waals surface area contributed by atoms with Crippen molar-refractivity contribution in [2.45, 2.75) is 103 Å². The topological polar surface area (TPSA) is 579 Å². The van der Waals surface area contributed by atoms with E-state index in [4.69, 9.17) is 127 Å². The molecule has 4 aromatic rings. The number of amidine groups is 4. The van der Waals surface area contributed by atoms with Gasteiger partial charge in [-0.15, -0.1) is 0 Å². The second-order valence-electron chi connectivity index (χ2n) is 21.3. The summed E-state index contributed by atoms with van der Waals surface area (Å²) in [5.74, 6) is 1.28. The van der Waals surface area contributed by atoms with Crippen molar-refractivity contribution in [3.8, 4) is 68.2 Å². The number of nitrogens with one attached hydrogen (secondary N) is 14. The standard InChI is InChI=1S/C62H96N22O10/c63-47(64)15-7-29-89-53-39(21-23-43(57(53)93-35-27-81-61(75)76)41-11-5-13-45(87-33-25-79-59(71)72)55(41)91-31-9-17-49(67)68)37-83-51(85)19-3-1-2-4-20-52(86)84-38-40-22-24-44(58(94-36-28-82-62(77)78)54(40)90-30-8-16-48(65)66)42-12-6-14-46(88-34-26-80-60(73)74)56(42)92-32-10-18-50(69)70/h5-6,11-14,21-24H,1-4,7-10,15-20,25-38H2,(H3,63,64)(H3,65,66)(H3,67,68)(H3,69,70)(H,83,85)(H,84,86)(H4,71,72,79)(H4,73,74,80)(H4,75,76,81)(H4,77,78,82). The molecule has 0 heterocycles. The number of carbonyl (C=O) groups is 2. The van der Waals surface area contributed by atoms with E-state index in [9.17, 15) is 9.59 Å².